The molecule has 0 amide bonds. The van der Waals surface area contributed by atoms with Crippen LogP contribution in [0.5, 0.6) is 5.75 Å². The average Bonchev–Trinajstić information content (AvgIpc) is 3.30. The molecule has 2 N–H and O–H groups in total. The van der Waals surface area contributed by atoms with Crippen LogP contribution >= 0.6 is 11.3 Å². The average molecular weight is 410 g/mol. The third-order valence-corrected chi connectivity index (χ3v) is 8.30. The first-order valence-electron chi connectivity index (χ1n) is 9.20. The van der Waals surface area contributed by atoms with Crippen molar-refractivity contribution in [3.63, 3.8) is 0 Å². The van der Waals surface area contributed by atoms with Gasteiger partial charge >= 0.3 is 0 Å². The first-order valence-corrected chi connectivity index (χ1v) is 11.5. The molecule has 0 bridgehead atoms. The Morgan fingerprint density at radius 2 is 1.96 bits per heavy atom. The van der Waals surface area contributed by atoms with Gasteiger partial charge in [-0.3, -0.25) is 0 Å². The highest BCUT2D eigenvalue weighted by Crippen LogP contribution is 2.44. The Balaban J connectivity index is 1.82. The number of aryl methyl sites for hydroxylation is 1. The first kappa shape index (κ1) is 20.3. The monoisotopic (exact) mass is 409 g/mol. The van der Waals surface area contributed by atoms with Gasteiger partial charge < -0.3 is 9.84 Å². The lowest BCUT2D eigenvalue weighted by Crippen LogP contribution is -2.38. The van der Waals surface area contributed by atoms with Gasteiger partial charge in [0.1, 0.15) is 5.75 Å². The molecule has 0 spiro atoms. The summed E-state index contributed by atoms with van der Waals surface area (Å²) in [6.45, 7) is 3.96. The van der Waals surface area contributed by atoms with E-state index in [-0.39, 0.29) is 10.3 Å². The van der Waals surface area contributed by atoms with Crippen molar-refractivity contribution in [3.8, 4) is 5.75 Å². The summed E-state index contributed by atoms with van der Waals surface area (Å²) in [5, 5.41) is 9.83. The summed E-state index contributed by atoms with van der Waals surface area (Å²) in [6.07, 6.45) is 3.59. The van der Waals surface area contributed by atoms with Crippen molar-refractivity contribution in [1.82, 2.24) is 4.72 Å². The summed E-state index contributed by atoms with van der Waals surface area (Å²) in [5.41, 5.74) is 0.600. The van der Waals surface area contributed by atoms with E-state index in [1.54, 1.807) is 43.6 Å². The van der Waals surface area contributed by atoms with E-state index in [9.17, 15) is 13.5 Å². The van der Waals surface area contributed by atoms with E-state index in [1.165, 1.54) is 0 Å². The summed E-state index contributed by atoms with van der Waals surface area (Å²) < 4.78 is 33.7. The van der Waals surface area contributed by atoms with Crippen molar-refractivity contribution in [1.29, 1.82) is 0 Å². The molecule has 1 aliphatic rings. The van der Waals surface area contributed by atoms with Crippen LogP contribution in [-0.4, -0.2) is 27.2 Å². The molecule has 3 rings (SSSR count). The largest absolute Gasteiger partial charge is 0.496 e. The Hall–Kier alpha value is -1.41. The van der Waals surface area contributed by atoms with Crippen LogP contribution in [-0.2, 0) is 15.4 Å². The standard InChI is InChI=1S/C20H27NO4S2/c1-14-12-16(6-7-17(14)25-3)27(23,24)21-13-20(10-4-5-11-20)19-9-8-18(26-19)15(2)22/h6-9,12,15,21-22H,4-5,10-11,13H2,1-3H3/t15-/m0/s1. The van der Waals surface area contributed by atoms with E-state index in [0.29, 0.717) is 12.3 Å². The summed E-state index contributed by atoms with van der Waals surface area (Å²) in [4.78, 5) is 2.33. The van der Waals surface area contributed by atoms with Crippen LogP contribution in [0, 0.1) is 6.92 Å². The maximum absolute atomic E-state index is 12.8. The van der Waals surface area contributed by atoms with Crippen LogP contribution in [0.2, 0.25) is 0 Å². The van der Waals surface area contributed by atoms with Gasteiger partial charge in [0.15, 0.2) is 0 Å². The molecule has 1 saturated carbocycles. The van der Waals surface area contributed by atoms with Crippen LogP contribution < -0.4 is 9.46 Å². The maximum atomic E-state index is 12.8. The number of thiophene rings is 1. The van der Waals surface area contributed by atoms with Crippen LogP contribution in [0.3, 0.4) is 0 Å². The molecule has 1 aromatic carbocycles. The van der Waals surface area contributed by atoms with Crippen molar-refractivity contribution < 1.29 is 18.3 Å². The zero-order chi connectivity index (χ0) is 19.7. The number of benzene rings is 1. The van der Waals surface area contributed by atoms with Gasteiger partial charge in [0.05, 0.1) is 18.1 Å². The summed E-state index contributed by atoms with van der Waals surface area (Å²) in [5.74, 6) is 0.672. The quantitative estimate of drug-likeness (QED) is 0.727. The number of methoxy groups -OCH3 is 1. The molecule has 0 saturated heterocycles. The van der Waals surface area contributed by atoms with Gasteiger partial charge in [0, 0.05) is 21.7 Å². The SMILES string of the molecule is COc1ccc(S(=O)(=O)NCC2(c3ccc([C@H](C)O)s3)CCCC2)cc1C. The predicted octanol–water partition coefficient (Wildman–Crippen LogP) is 3.91. The van der Waals surface area contributed by atoms with Gasteiger partial charge in [-0.25, -0.2) is 13.1 Å². The Labute approximate surface area is 165 Å². The molecule has 1 aromatic heterocycles. The normalized spacial score (nSPS) is 17.8. The number of nitrogens with one attached hydrogen (secondary N) is 1. The Bertz CT molecular complexity index is 896. The van der Waals surface area contributed by atoms with Crippen molar-refractivity contribution in [2.45, 2.75) is 55.9 Å². The minimum absolute atomic E-state index is 0.188. The highest BCUT2D eigenvalue weighted by molar-refractivity contribution is 7.89. The second-order valence-corrected chi connectivity index (χ2v) is 10.2. The van der Waals surface area contributed by atoms with E-state index in [4.69, 9.17) is 4.74 Å². The van der Waals surface area contributed by atoms with E-state index in [0.717, 1.165) is 41.0 Å². The topological polar surface area (TPSA) is 75.6 Å². The molecule has 1 atom stereocenters. The molecule has 0 radical (unpaired) electrons. The number of ether oxygens (including phenoxy) is 1. The molecule has 1 heterocycles. The molecule has 1 fully saturated rings. The van der Waals surface area contributed by atoms with Gasteiger partial charge in [-0.05, 0) is 62.6 Å². The van der Waals surface area contributed by atoms with Crippen molar-refractivity contribution in [3.05, 3.63) is 45.6 Å². The zero-order valence-corrected chi connectivity index (χ0v) is 17.6. The molecule has 148 valence electrons. The second-order valence-electron chi connectivity index (χ2n) is 7.32. The van der Waals surface area contributed by atoms with E-state index in [1.807, 2.05) is 19.1 Å². The second kappa shape index (κ2) is 7.91. The van der Waals surface area contributed by atoms with Crippen molar-refractivity contribution in [2.24, 2.45) is 0 Å². The molecule has 0 aliphatic heterocycles. The lowest BCUT2D eigenvalue weighted by molar-refractivity contribution is 0.203. The third kappa shape index (κ3) is 4.21. The van der Waals surface area contributed by atoms with Crippen molar-refractivity contribution >= 4 is 21.4 Å². The molecule has 7 heteroatoms. The molecule has 0 unspecified atom stereocenters. The summed E-state index contributed by atoms with van der Waals surface area (Å²) in [7, 11) is -2.03. The number of aliphatic hydroxyl groups is 1. The fourth-order valence-electron chi connectivity index (χ4n) is 3.76. The maximum Gasteiger partial charge on any atom is 0.240 e. The summed E-state index contributed by atoms with van der Waals surface area (Å²) in [6, 6.07) is 8.89. The number of aliphatic hydroxyl groups excluding tert-OH is 1. The smallest absolute Gasteiger partial charge is 0.240 e. The fourth-order valence-corrected chi connectivity index (χ4v) is 6.16. The fraction of sp³-hybridized carbons (Fsp3) is 0.500. The van der Waals surface area contributed by atoms with Gasteiger partial charge in [-0.2, -0.15) is 0 Å². The lowest BCUT2D eigenvalue weighted by atomic mass is 9.85. The molecular weight excluding hydrogens is 382 g/mol. The van der Waals surface area contributed by atoms with Gasteiger partial charge in [-0.15, -0.1) is 11.3 Å². The minimum Gasteiger partial charge on any atom is -0.496 e. The Morgan fingerprint density at radius 1 is 1.26 bits per heavy atom. The Morgan fingerprint density at radius 3 is 2.52 bits per heavy atom. The number of rotatable bonds is 7. The Kier molecular flexibility index (Phi) is 5.96. The molecule has 2 aromatic rings. The predicted molar refractivity (Wildman–Crippen MR) is 108 cm³/mol. The number of hydrogen-bond donors (Lipinski definition) is 2. The zero-order valence-electron chi connectivity index (χ0n) is 16.0. The molecule has 27 heavy (non-hydrogen) atoms. The van der Waals surface area contributed by atoms with Crippen LogP contribution in [0.4, 0.5) is 0 Å². The first-order chi connectivity index (χ1) is 12.8. The van der Waals surface area contributed by atoms with Gasteiger partial charge in [-0.1, -0.05) is 12.8 Å². The van der Waals surface area contributed by atoms with E-state index >= 15 is 0 Å². The van der Waals surface area contributed by atoms with Crippen molar-refractivity contribution in [2.75, 3.05) is 13.7 Å². The van der Waals surface area contributed by atoms with Crippen LogP contribution in [0.25, 0.3) is 0 Å². The van der Waals surface area contributed by atoms with Gasteiger partial charge in [0.25, 0.3) is 0 Å². The molecule has 1 aliphatic carbocycles. The molecular formula is C20H27NO4S2. The van der Waals surface area contributed by atoms with Crippen LogP contribution in [0.15, 0.2) is 35.2 Å². The number of hydrogen-bond acceptors (Lipinski definition) is 5. The van der Waals surface area contributed by atoms with Crippen LogP contribution in [0.1, 0.15) is 54.0 Å². The molecule has 5 nitrogen and oxygen atoms in total. The van der Waals surface area contributed by atoms with Gasteiger partial charge in [0.2, 0.25) is 10.0 Å². The minimum atomic E-state index is -3.60. The lowest BCUT2D eigenvalue weighted by Gasteiger charge is -2.28. The third-order valence-electron chi connectivity index (χ3n) is 5.40. The number of sulfonamides is 1. The van der Waals surface area contributed by atoms with E-state index < -0.39 is 16.1 Å². The highest BCUT2D eigenvalue weighted by Gasteiger charge is 2.38. The van der Waals surface area contributed by atoms with E-state index in [2.05, 4.69) is 4.72 Å². The summed E-state index contributed by atoms with van der Waals surface area (Å²) >= 11 is 1.59. The highest BCUT2D eigenvalue weighted by atomic mass is 32.2.